The number of benzene rings is 3. The molecule has 3 heterocycles. The summed E-state index contributed by atoms with van der Waals surface area (Å²) in [4.78, 5) is 22.3. The molecular formula is C32H31F3N4O3S. The molecule has 2 aliphatic heterocycles. The van der Waals surface area contributed by atoms with Gasteiger partial charge >= 0.3 is 0 Å². The summed E-state index contributed by atoms with van der Waals surface area (Å²) >= 11 is 0. The average molecular weight is 609 g/mol. The Kier molecular flexibility index (Phi) is 7.87. The number of pyridine rings is 1. The smallest absolute Gasteiger partial charge is 0.243 e. The van der Waals surface area contributed by atoms with Crippen molar-refractivity contribution in [2.75, 3.05) is 44.2 Å². The molecule has 2 fully saturated rings. The predicted molar refractivity (Wildman–Crippen MR) is 159 cm³/mol. The highest BCUT2D eigenvalue weighted by atomic mass is 32.2. The third-order valence-corrected chi connectivity index (χ3v) is 10.2. The van der Waals surface area contributed by atoms with Gasteiger partial charge in [-0.2, -0.15) is 4.31 Å². The number of rotatable bonds is 5. The van der Waals surface area contributed by atoms with Crippen LogP contribution >= 0.6 is 0 Å². The minimum Gasteiger partial charge on any atom is -0.367 e. The number of para-hydroxylation sites is 1. The first-order valence-electron chi connectivity index (χ1n) is 14.3. The number of anilines is 1. The molecule has 11 heteroatoms. The fraction of sp³-hybridized carbons (Fsp3) is 0.312. The van der Waals surface area contributed by atoms with E-state index in [-0.39, 0.29) is 35.0 Å². The van der Waals surface area contributed by atoms with Gasteiger partial charge < -0.3 is 9.80 Å². The SMILES string of the molecule is Cc1cc(N2CCN(C(=O)C3CCCN(S(=O)(=O)c4ccc(-c5ccc(F)c(F)c5F)cc4)C3)CC2)c2ccccc2n1. The molecular weight excluding hydrogens is 577 g/mol. The fourth-order valence-corrected chi connectivity index (χ4v) is 7.56. The van der Waals surface area contributed by atoms with Crippen LogP contribution in [0.1, 0.15) is 18.5 Å². The summed E-state index contributed by atoms with van der Waals surface area (Å²) in [5.41, 5.74) is 3.02. The van der Waals surface area contributed by atoms with Gasteiger partial charge in [-0.15, -0.1) is 0 Å². The van der Waals surface area contributed by atoms with Crippen molar-refractivity contribution >= 4 is 32.5 Å². The van der Waals surface area contributed by atoms with Crippen LogP contribution in [0.2, 0.25) is 0 Å². The summed E-state index contributed by atoms with van der Waals surface area (Å²) in [6, 6.07) is 17.4. The Morgan fingerprint density at radius 3 is 2.35 bits per heavy atom. The standard InChI is InChI=1S/C32H31F3N4O3S/c1-21-19-29(26-6-2-3-7-28(26)36-21)37-15-17-38(18-16-37)32(40)23-5-4-14-39(20-23)43(41,42)24-10-8-22(9-11-24)25-12-13-27(33)31(35)30(25)34/h2-3,6-13,19,23H,4-5,14-18,20H2,1H3. The second kappa shape index (κ2) is 11.6. The van der Waals surface area contributed by atoms with Crippen molar-refractivity contribution < 1.29 is 26.4 Å². The number of sulfonamides is 1. The third kappa shape index (κ3) is 5.59. The zero-order valence-corrected chi connectivity index (χ0v) is 24.5. The lowest BCUT2D eigenvalue weighted by Gasteiger charge is -2.39. The van der Waals surface area contributed by atoms with Gasteiger partial charge in [-0.3, -0.25) is 9.78 Å². The second-order valence-electron chi connectivity index (χ2n) is 11.1. The molecule has 2 saturated heterocycles. The van der Waals surface area contributed by atoms with Crippen LogP contribution in [-0.2, 0) is 14.8 Å². The van der Waals surface area contributed by atoms with Crippen LogP contribution in [0.25, 0.3) is 22.0 Å². The number of carbonyl (C=O) groups is 1. The van der Waals surface area contributed by atoms with Crippen molar-refractivity contribution in [3.05, 3.63) is 89.9 Å². The highest BCUT2D eigenvalue weighted by Gasteiger charge is 2.36. The number of nitrogens with zero attached hydrogens (tertiary/aromatic N) is 4. The van der Waals surface area contributed by atoms with E-state index in [0.29, 0.717) is 39.0 Å². The van der Waals surface area contributed by atoms with Crippen LogP contribution in [0.4, 0.5) is 18.9 Å². The Balaban J connectivity index is 1.12. The van der Waals surface area contributed by atoms with Crippen LogP contribution in [0.5, 0.6) is 0 Å². The van der Waals surface area contributed by atoms with E-state index in [4.69, 9.17) is 0 Å². The van der Waals surface area contributed by atoms with E-state index in [9.17, 15) is 26.4 Å². The minimum atomic E-state index is -3.93. The largest absolute Gasteiger partial charge is 0.367 e. The fourth-order valence-electron chi connectivity index (χ4n) is 6.04. The number of aromatic nitrogens is 1. The van der Waals surface area contributed by atoms with Gasteiger partial charge in [0, 0.05) is 61.6 Å². The number of piperazine rings is 1. The van der Waals surface area contributed by atoms with E-state index >= 15 is 0 Å². The molecule has 1 atom stereocenters. The van der Waals surface area contributed by atoms with Gasteiger partial charge in [0.1, 0.15) is 0 Å². The first-order valence-corrected chi connectivity index (χ1v) is 15.7. The van der Waals surface area contributed by atoms with Crippen molar-refractivity contribution in [3.63, 3.8) is 0 Å². The van der Waals surface area contributed by atoms with Gasteiger partial charge in [0.2, 0.25) is 15.9 Å². The molecule has 1 unspecified atom stereocenters. The number of hydrogen-bond acceptors (Lipinski definition) is 5. The van der Waals surface area contributed by atoms with E-state index in [1.54, 1.807) is 0 Å². The second-order valence-corrected chi connectivity index (χ2v) is 13.0. The Morgan fingerprint density at radius 2 is 1.60 bits per heavy atom. The summed E-state index contributed by atoms with van der Waals surface area (Å²) in [6.07, 6.45) is 1.16. The molecule has 0 saturated carbocycles. The summed E-state index contributed by atoms with van der Waals surface area (Å²) < 4.78 is 69.6. The zero-order valence-electron chi connectivity index (χ0n) is 23.6. The van der Waals surface area contributed by atoms with Crippen LogP contribution < -0.4 is 4.90 Å². The molecule has 3 aromatic carbocycles. The van der Waals surface area contributed by atoms with E-state index in [0.717, 1.165) is 34.4 Å². The van der Waals surface area contributed by atoms with Crippen molar-refractivity contribution in [2.45, 2.75) is 24.7 Å². The van der Waals surface area contributed by atoms with Gasteiger partial charge in [-0.05, 0) is 61.7 Å². The molecule has 2 aliphatic rings. The molecule has 0 spiro atoms. The van der Waals surface area contributed by atoms with Gasteiger partial charge in [-0.1, -0.05) is 30.3 Å². The topological polar surface area (TPSA) is 73.8 Å². The number of hydrogen-bond donors (Lipinski definition) is 0. The van der Waals surface area contributed by atoms with Gasteiger partial charge in [0.15, 0.2) is 17.5 Å². The summed E-state index contributed by atoms with van der Waals surface area (Å²) in [6.45, 7) is 4.75. The van der Waals surface area contributed by atoms with E-state index in [2.05, 4.69) is 22.0 Å². The summed E-state index contributed by atoms with van der Waals surface area (Å²) in [5, 5.41) is 1.07. The first kappa shape index (κ1) is 29.1. The molecule has 6 rings (SSSR count). The molecule has 43 heavy (non-hydrogen) atoms. The molecule has 0 aliphatic carbocycles. The van der Waals surface area contributed by atoms with Gasteiger partial charge in [-0.25, -0.2) is 21.6 Å². The number of halogens is 3. The molecule has 1 aromatic heterocycles. The number of fused-ring (bicyclic) bond motifs is 1. The van der Waals surface area contributed by atoms with Crippen molar-refractivity contribution in [2.24, 2.45) is 5.92 Å². The quantitative estimate of drug-likeness (QED) is 0.285. The molecule has 224 valence electrons. The van der Waals surface area contributed by atoms with Gasteiger partial charge in [0.25, 0.3) is 0 Å². The van der Waals surface area contributed by atoms with E-state index < -0.39 is 33.4 Å². The van der Waals surface area contributed by atoms with Crippen LogP contribution in [0, 0.1) is 30.3 Å². The normalized spacial score (nSPS) is 18.3. The molecule has 4 aromatic rings. The van der Waals surface area contributed by atoms with Crippen molar-refractivity contribution in [3.8, 4) is 11.1 Å². The third-order valence-electron chi connectivity index (χ3n) is 8.33. The number of aryl methyl sites for hydroxylation is 1. The van der Waals surface area contributed by atoms with Crippen LogP contribution in [0.15, 0.2) is 71.6 Å². The molecule has 0 N–H and O–H groups in total. The van der Waals surface area contributed by atoms with Crippen molar-refractivity contribution in [1.82, 2.24) is 14.2 Å². The minimum absolute atomic E-state index is 0.0131. The number of carbonyl (C=O) groups excluding carboxylic acids is 1. The maximum atomic E-state index is 14.2. The monoisotopic (exact) mass is 608 g/mol. The Hall–Kier alpha value is -3.96. The lowest BCUT2D eigenvalue weighted by Crippen LogP contribution is -2.53. The molecule has 0 radical (unpaired) electrons. The first-order chi connectivity index (χ1) is 20.6. The summed E-state index contributed by atoms with van der Waals surface area (Å²) in [5.74, 6) is -4.71. The van der Waals surface area contributed by atoms with E-state index in [1.165, 1.54) is 28.6 Å². The maximum absolute atomic E-state index is 14.2. The molecule has 0 bridgehead atoms. The number of amides is 1. The zero-order chi connectivity index (χ0) is 30.3. The highest BCUT2D eigenvalue weighted by Crippen LogP contribution is 2.31. The molecule has 1 amide bonds. The Morgan fingerprint density at radius 1 is 0.884 bits per heavy atom. The molecule has 7 nitrogen and oxygen atoms in total. The number of piperidine rings is 1. The average Bonchev–Trinajstić information content (AvgIpc) is 3.03. The van der Waals surface area contributed by atoms with Crippen molar-refractivity contribution in [1.29, 1.82) is 0 Å². The predicted octanol–water partition coefficient (Wildman–Crippen LogP) is 5.38. The van der Waals surface area contributed by atoms with Crippen LogP contribution in [-0.4, -0.2) is 67.8 Å². The van der Waals surface area contributed by atoms with E-state index in [1.807, 2.05) is 30.0 Å². The van der Waals surface area contributed by atoms with Crippen LogP contribution in [0.3, 0.4) is 0 Å². The maximum Gasteiger partial charge on any atom is 0.243 e. The van der Waals surface area contributed by atoms with Gasteiger partial charge in [0.05, 0.1) is 16.3 Å². The Labute approximate surface area is 248 Å². The summed E-state index contributed by atoms with van der Waals surface area (Å²) in [7, 11) is -3.93. The lowest BCUT2D eigenvalue weighted by atomic mass is 9.97. The lowest BCUT2D eigenvalue weighted by molar-refractivity contribution is -0.137. The Bertz CT molecular complexity index is 1790. The highest BCUT2D eigenvalue weighted by molar-refractivity contribution is 7.89.